The standard InChI is InChI=1S/C9H8O.C8H10O3/c1-7-6-8-4-2-3-5-9(8)10-7;1-3-10-8(9)7-5-4-6(2)11-7/h2-6H,1H3;4-5H,3H2,1-2H3. The number of furan rings is 2. The summed E-state index contributed by atoms with van der Waals surface area (Å²) in [5, 5.41) is 1.18. The Morgan fingerprint density at radius 1 is 1.05 bits per heavy atom. The number of rotatable bonds is 2. The van der Waals surface area contributed by atoms with Crippen LogP contribution in [-0.4, -0.2) is 12.6 Å². The van der Waals surface area contributed by atoms with Crippen molar-refractivity contribution in [3.8, 4) is 0 Å². The number of fused-ring (bicyclic) bond motifs is 1. The van der Waals surface area contributed by atoms with Crippen molar-refractivity contribution in [3.05, 3.63) is 59.7 Å². The normalized spacial score (nSPS) is 10.0. The molecule has 0 radical (unpaired) electrons. The van der Waals surface area contributed by atoms with Crippen molar-refractivity contribution in [3.63, 3.8) is 0 Å². The molecule has 1 aromatic carbocycles. The van der Waals surface area contributed by atoms with Gasteiger partial charge in [-0.1, -0.05) is 18.2 Å². The van der Waals surface area contributed by atoms with Crippen LogP contribution in [0.1, 0.15) is 29.0 Å². The number of benzene rings is 1. The quantitative estimate of drug-likeness (QED) is 0.650. The predicted octanol–water partition coefficient (Wildman–Crippen LogP) is 4.51. The molecule has 4 nitrogen and oxygen atoms in total. The van der Waals surface area contributed by atoms with Gasteiger partial charge in [0.25, 0.3) is 0 Å². The van der Waals surface area contributed by atoms with E-state index in [9.17, 15) is 4.79 Å². The van der Waals surface area contributed by atoms with Gasteiger partial charge in [-0.05, 0) is 45.0 Å². The molecule has 0 saturated heterocycles. The third kappa shape index (κ3) is 3.99. The van der Waals surface area contributed by atoms with E-state index >= 15 is 0 Å². The number of hydrogen-bond acceptors (Lipinski definition) is 4. The van der Waals surface area contributed by atoms with Gasteiger partial charge in [0.1, 0.15) is 17.1 Å². The zero-order chi connectivity index (χ0) is 15.2. The lowest BCUT2D eigenvalue weighted by molar-refractivity contribution is 0.0488. The van der Waals surface area contributed by atoms with Crippen molar-refractivity contribution in [1.29, 1.82) is 0 Å². The number of carbonyl (C=O) groups is 1. The molecule has 0 aliphatic carbocycles. The molecule has 110 valence electrons. The van der Waals surface area contributed by atoms with Crippen molar-refractivity contribution in [2.24, 2.45) is 0 Å². The largest absolute Gasteiger partial charge is 0.461 e. The molecule has 0 saturated carbocycles. The lowest BCUT2D eigenvalue weighted by Gasteiger charge is -1.95. The van der Waals surface area contributed by atoms with Gasteiger partial charge in [-0.15, -0.1) is 0 Å². The van der Waals surface area contributed by atoms with Crippen LogP contribution in [0, 0.1) is 13.8 Å². The van der Waals surface area contributed by atoms with Gasteiger partial charge in [0.15, 0.2) is 0 Å². The topological polar surface area (TPSA) is 52.6 Å². The molecule has 2 heterocycles. The van der Waals surface area contributed by atoms with Crippen LogP contribution in [0.5, 0.6) is 0 Å². The summed E-state index contributed by atoms with van der Waals surface area (Å²) in [5.41, 5.74) is 0.972. The number of esters is 1. The number of hydrogen-bond donors (Lipinski definition) is 0. The monoisotopic (exact) mass is 286 g/mol. The highest BCUT2D eigenvalue weighted by molar-refractivity contribution is 5.86. The molecular weight excluding hydrogens is 268 g/mol. The summed E-state index contributed by atoms with van der Waals surface area (Å²) < 4.78 is 15.1. The van der Waals surface area contributed by atoms with E-state index in [4.69, 9.17) is 13.6 Å². The number of para-hydroxylation sites is 1. The molecule has 0 aliphatic rings. The van der Waals surface area contributed by atoms with Crippen LogP contribution in [0.4, 0.5) is 0 Å². The van der Waals surface area contributed by atoms with Crippen molar-refractivity contribution in [1.82, 2.24) is 0 Å². The molecule has 0 spiro atoms. The van der Waals surface area contributed by atoms with Gasteiger partial charge in [0.2, 0.25) is 5.76 Å². The Morgan fingerprint density at radius 2 is 1.81 bits per heavy atom. The van der Waals surface area contributed by atoms with Crippen LogP contribution >= 0.6 is 0 Å². The van der Waals surface area contributed by atoms with Crippen LogP contribution < -0.4 is 0 Å². The van der Waals surface area contributed by atoms with E-state index in [0.29, 0.717) is 12.4 Å². The molecule has 3 aromatic rings. The first-order valence-corrected chi connectivity index (χ1v) is 6.79. The SMILES string of the molecule is CCOC(=O)c1ccc(C)o1.Cc1cc2ccccc2o1. The van der Waals surface area contributed by atoms with Gasteiger partial charge < -0.3 is 13.6 Å². The van der Waals surface area contributed by atoms with Crippen LogP contribution in [-0.2, 0) is 4.74 Å². The summed E-state index contributed by atoms with van der Waals surface area (Å²) >= 11 is 0. The van der Waals surface area contributed by atoms with Crippen molar-refractivity contribution in [2.45, 2.75) is 20.8 Å². The van der Waals surface area contributed by atoms with E-state index in [-0.39, 0.29) is 5.76 Å². The summed E-state index contributed by atoms with van der Waals surface area (Å²) in [7, 11) is 0. The van der Waals surface area contributed by atoms with Crippen LogP contribution in [0.3, 0.4) is 0 Å². The molecule has 21 heavy (non-hydrogen) atoms. The van der Waals surface area contributed by atoms with Gasteiger partial charge in [-0.25, -0.2) is 4.79 Å². The average molecular weight is 286 g/mol. The molecule has 0 atom stereocenters. The first kappa shape index (κ1) is 14.9. The second-order valence-corrected chi connectivity index (χ2v) is 4.53. The highest BCUT2D eigenvalue weighted by Crippen LogP contribution is 2.17. The van der Waals surface area contributed by atoms with Gasteiger partial charge in [-0.3, -0.25) is 0 Å². The minimum Gasteiger partial charge on any atom is -0.461 e. The third-order valence-electron chi connectivity index (χ3n) is 2.77. The summed E-state index contributed by atoms with van der Waals surface area (Å²) in [6.07, 6.45) is 0. The van der Waals surface area contributed by atoms with Crippen molar-refractivity contribution in [2.75, 3.05) is 6.61 Å². The van der Waals surface area contributed by atoms with E-state index in [1.807, 2.05) is 37.3 Å². The minimum atomic E-state index is -0.402. The highest BCUT2D eigenvalue weighted by Gasteiger charge is 2.09. The molecule has 2 aromatic heterocycles. The molecule has 0 bridgehead atoms. The van der Waals surface area contributed by atoms with Crippen molar-refractivity contribution >= 4 is 16.9 Å². The fourth-order valence-electron chi connectivity index (χ4n) is 1.86. The van der Waals surface area contributed by atoms with Crippen LogP contribution in [0.25, 0.3) is 11.0 Å². The fourth-order valence-corrected chi connectivity index (χ4v) is 1.86. The summed E-state index contributed by atoms with van der Waals surface area (Å²) in [6.45, 7) is 5.87. The summed E-state index contributed by atoms with van der Waals surface area (Å²) in [4.78, 5) is 10.9. The second-order valence-electron chi connectivity index (χ2n) is 4.53. The predicted molar refractivity (Wildman–Crippen MR) is 80.4 cm³/mol. The molecule has 0 amide bonds. The minimum absolute atomic E-state index is 0.268. The van der Waals surface area contributed by atoms with Crippen LogP contribution in [0.2, 0.25) is 0 Å². The molecule has 0 unspecified atom stereocenters. The fraction of sp³-hybridized carbons (Fsp3) is 0.235. The van der Waals surface area contributed by atoms with Gasteiger partial charge in [-0.2, -0.15) is 0 Å². The zero-order valence-corrected chi connectivity index (χ0v) is 12.4. The highest BCUT2D eigenvalue weighted by atomic mass is 16.5. The lowest BCUT2D eigenvalue weighted by Crippen LogP contribution is -2.02. The zero-order valence-electron chi connectivity index (χ0n) is 12.4. The van der Waals surface area contributed by atoms with E-state index in [1.54, 1.807) is 26.0 Å². The Balaban J connectivity index is 0.000000154. The van der Waals surface area contributed by atoms with Crippen LogP contribution in [0.15, 0.2) is 51.3 Å². The lowest BCUT2D eigenvalue weighted by atomic mass is 10.2. The summed E-state index contributed by atoms with van der Waals surface area (Å²) in [5.74, 6) is 1.55. The first-order valence-electron chi connectivity index (χ1n) is 6.79. The van der Waals surface area contributed by atoms with E-state index in [2.05, 4.69) is 0 Å². The molecule has 0 N–H and O–H groups in total. The molecule has 0 aliphatic heterocycles. The Labute approximate surface area is 123 Å². The Hall–Kier alpha value is -2.49. The number of ether oxygens (including phenoxy) is 1. The molecule has 4 heteroatoms. The average Bonchev–Trinajstić information content (AvgIpc) is 3.04. The molecule has 3 rings (SSSR count). The molecule has 0 fully saturated rings. The Morgan fingerprint density at radius 3 is 2.43 bits per heavy atom. The van der Waals surface area contributed by atoms with Gasteiger partial charge in [0.05, 0.1) is 6.61 Å². The molecular formula is C17H18O4. The van der Waals surface area contributed by atoms with Gasteiger partial charge in [0, 0.05) is 5.39 Å². The first-order chi connectivity index (χ1) is 10.1. The maximum Gasteiger partial charge on any atom is 0.374 e. The Kier molecular flexibility index (Phi) is 4.82. The second kappa shape index (κ2) is 6.79. The third-order valence-corrected chi connectivity index (χ3v) is 2.77. The Bertz CT molecular complexity index is 688. The smallest absolute Gasteiger partial charge is 0.374 e. The maximum atomic E-state index is 10.9. The van der Waals surface area contributed by atoms with E-state index in [1.165, 1.54) is 5.39 Å². The van der Waals surface area contributed by atoms with E-state index in [0.717, 1.165) is 11.3 Å². The summed E-state index contributed by atoms with van der Waals surface area (Å²) in [6, 6.07) is 13.4. The number of aryl methyl sites for hydroxylation is 2. The van der Waals surface area contributed by atoms with Crippen molar-refractivity contribution < 1.29 is 18.4 Å². The van der Waals surface area contributed by atoms with E-state index < -0.39 is 5.97 Å². The van der Waals surface area contributed by atoms with Gasteiger partial charge >= 0.3 is 5.97 Å². The number of carbonyl (C=O) groups excluding carboxylic acids is 1. The maximum absolute atomic E-state index is 10.9.